The molecule has 0 bridgehead atoms. The summed E-state index contributed by atoms with van der Waals surface area (Å²) in [6, 6.07) is 0.137. The smallest absolute Gasteiger partial charge is 0.307 e. The van der Waals surface area contributed by atoms with Crippen molar-refractivity contribution >= 4 is 11.9 Å². The summed E-state index contributed by atoms with van der Waals surface area (Å²) in [4.78, 5) is 25.5. The summed E-state index contributed by atoms with van der Waals surface area (Å²) in [5.41, 5.74) is 0. The SMILES string of the molecule is CCC1CC(C(=O)O)C(C(=O)N(CC)C(C)C)C1. The number of carbonyl (C=O) groups is 2. The Bertz CT molecular complexity index is 314. The third kappa shape index (κ3) is 3.03. The van der Waals surface area contributed by atoms with Gasteiger partial charge in [-0.05, 0) is 39.5 Å². The first-order chi connectivity index (χ1) is 8.42. The van der Waals surface area contributed by atoms with E-state index in [-0.39, 0.29) is 17.9 Å². The summed E-state index contributed by atoms with van der Waals surface area (Å²) in [6.45, 7) is 8.61. The molecule has 1 N–H and O–H groups in total. The second-order valence-electron chi connectivity index (χ2n) is 5.51. The Hall–Kier alpha value is -1.06. The monoisotopic (exact) mass is 255 g/mol. The van der Waals surface area contributed by atoms with Gasteiger partial charge < -0.3 is 10.0 Å². The van der Waals surface area contributed by atoms with Gasteiger partial charge >= 0.3 is 5.97 Å². The molecule has 0 heterocycles. The van der Waals surface area contributed by atoms with Gasteiger partial charge in [0.25, 0.3) is 0 Å². The van der Waals surface area contributed by atoms with Crippen molar-refractivity contribution in [2.45, 2.75) is 53.0 Å². The van der Waals surface area contributed by atoms with Crippen LogP contribution >= 0.6 is 0 Å². The van der Waals surface area contributed by atoms with Crippen molar-refractivity contribution in [2.75, 3.05) is 6.54 Å². The fraction of sp³-hybridized carbons (Fsp3) is 0.857. The molecule has 0 aromatic carbocycles. The molecule has 104 valence electrons. The molecule has 1 aliphatic carbocycles. The van der Waals surface area contributed by atoms with Crippen LogP contribution in [0.3, 0.4) is 0 Å². The molecular formula is C14H25NO3. The Kier molecular flexibility index (Phi) is 5.17. The van der Waals surface area contributed by atoms with Gasteiger partial charge in [-0.15, -0.1) is 0 Å². The lowest BCUT2D eigenvalue weighted by atomic mass is 9.94. The third-order valence-corrected chi connectivity index (χ3v) is 4.12. The van der Waals surface area contributed by atoms with E-state index in [9.17, 15) is 14.7 Å². The van der Waals surface area contributed by atoms with Crippen LogP contribution in [0.2, 0.25) is 0 Å². The van der Waals surface area contributed by atoms with Crippen LogP contribution in [0.4, 0.5) is 0 Å². The molecule has 0 aromatic heterocycles. The molecule has 0 saturated heterocycles. The van der Waals surface area contributed by atoms with E-state index < -0.39 is 11.9 Å². The van der Waals surface area contributed by atoms with Gasteiger partial charge in [-0.1, -0.05) is 13.3 Å². The molecule has 4 nitrogen and oxygen atoms in total. The highest BCUT2D eigenvalue weighted by Gasteiger charge is 2.43. The maximum absolute atomic E-state index is 12.5. The predicted molar refractivity (Wildman–Crippen MR) is 70.2 cm³/mol. The highest BCUT2D eigenvalue weighted by atomic mass is 16.4. The maximum Gasteiger partial charge on any atom is 0.307 e. The molecule has 0 radical (unpaired) electrons. The van der Waals surface area contributed by atoms with Crippen molar-refractivity contribution in [3.8, 4) is 0 Å². The standard InChI is InChI=1S/C14H25NO3/c1-5-10-7-11(12(8-10)14(17)18)13(16)15(6-2)9(3)4/h9-12H,5-8H2,1-4H3,(H,17,18). The van der Waals surface area contributed by atoms with Crippen molar-refractivity contribution in [1.82, 2.24) is 4.90 Å². The Labute approximate surface area is 109 Å². The number of carbonyl (C=O) groups excluding carboxylic acids is 1. The molecule has 1 amide bonds. The van der Waals surface area contributed by atoms with Gasteiger partial charge in [-0.25, -0.2) is 0 Å². The lowest BCUT2D eigenvalue weighted by Crippen LogP contribution is -2.42. The number of carboxylic acid groups (broad SMARTS) is 1. The van der Waals surface area contributed by atoms with Crippen molar-refractivity contribution in [2.24, 2.45) is 17.8 Å². The van der Waals surface area contributed by atoms with Crippen LogP contribution in [0.1, 0.15) is 47.0 Å². The Balaban J connectivity index is 2.85. The average Bonchev–Trinajstić information content (AvgIpc) is 2.73. The van der Waals surface area contributed by atoms with E-state index in [2.05, 4.69) is 6.92 Å². The van der Waals surface area contributed by atoms with E-state index in [0.29, 0.717) is 18.9 Å². The zero-order chi connectivity index (χ0) is 13.9. The highest BCUT2D eigenvalue weighted by Crippen LogP contribution is 2.39. The van der Waals surface area contributed by atoms with Crippen molar-refractivity contribution in [1.29, 1.82) is 0 Å². The van der Waals surface area contributed by atoms with Crippen LogP contribution < -0.4 is 0 Å². The van der Waals surface area contributed by atoms with Crippen molar-refractivity contribution in [3.63, 3.8) is 0 Å². The first-order valence-corrected chi connectivity index (χ1v) is 6.95. The first-order valence-electron chi connectivity index (χ1n) is 6.95. The van der Waals surface area contributed by atoms with Crippen LogP contribution in [0, 0.1) is 17.8 Å². The zero-order valence-corrected chi connectivity index (χ0v) is 11.8. The summed E-state index contributed by atoms with van der Waals surface area (Å²) in [7, 11) is 0. The minimum absolute atomic E-state index is 0.0239. The molecule has 3 unspecified atom stereocenters. The van der Waals surface area contributed by atoms with E-state index in [0.717, 1.165) is 12.8 Å². The fourth-order valence-corrected chi connectivity index (χ4v) is 3.01. The topological polar surface area (TPSA) is 57.6 Å². The molecule has 1 fully saturated rings. The number of carboxylic acids is 1. The van der Waals surface area contributed by atoms with E-state index >= 15 is 0 Å². The van der Waals surface area contributed by atoms with Gasteiger partial charge in [-0.2, -0.15) is 0 Å². The summed E-state index contributed by atoms with van der Waals surface area (Å²) >= 11 is 0. The second-order valence-corrected chi connectivity index (χ2v) is 5.51. The molecular weight excluding hydrogens is 230 g/mol. The number of amides is 1. The summed E-state index contributed by atoms with van der Waals surface area (Å²) < 4.78 is 0. The predicted octanol–water partition coefficient (Wildman–Crippen LogP) is 2.38. The molecule has 0 spiro atoms. The summed E-state index contributed by atoms with van der Waals surface area (Å²) in [5, 5.41) is 9.27. The summed E-state index contributed by atoms with van der Waals surface area (Å²) in [5.74, 6) is -1.23. The lowest BCUT2D eigenvalue weighted by Gasteiger charge is -2.29. The number of rotatable bonds is 5. The maximum atomic E-state index is 12.5. The fourth-order valence-electron chi connectivity index (χ4n) is 3.01. The van der Waals surface area contributed by atoms with Gasteiger partial charge in [0.15, 0.2) is 0 Å². The molecule has 1 aliphatic rings. The largest absolute Gasteiger partial charge is 0.481 e. The molecule has 0 aliphatic heterocycles. The molecule has 1 saturated carbocycles. The van der Waals surface area contributed by atoms with Gasteiger partial charge in [-0.3, -0.25) is 9.59 Å². The quantitative estimate of drug-likeness (QED) is 0.820. The average molecular weight is 255 g/mol. The van der Waals surface area contributed by atoms with E-state index in [1.54, 1.807) is 4.90 Å². The second kappa shape index (κ2) is 6.21. The number of aliphatic carboxylic acids is 1. The Morgan fingerprint density at radius 1 is 1.22 bits per heavy atom. The Morgan fingerprint density at radius 2 is 1.78 bits per heavy atom. The normalized spacial score (nSPS) is 27.5. The number of hydrogen-bond acceptors (Lipinski definition) is 2. The molecule has 1 rings (SSSR count). The minimum atomic E-state index is -0.816. The van der Waals surface area contributed by atoms with Crippen LogP contribution in [-0.2, 0) is 9.59 Å². The van der Waals surface area contributed by atoms with Gasteiger partial charge in [0, 0.05) is 12.6 Å². The van der Waals surface area contributed by atoms with E-state index in [1.807, 2.05) is 20.8 Å². The molecule has 0 aromatic rings. The Morgan fingerprint density at radius 3 is 2.17 bits per heavy atom. The van der Waals surface area contributed by atoms with E-state index in [1.165, 1.54) is 0 Å². The molecule has 3 atom stereocenters. The zero-order valence-electron chi connectivity index (χ0n) is 11.8. The number of nitrogens with zero attached hydrogens (tertiary/aromatic N) is 1. The first kappa shape index (κ1) is 15.0. The minimum Gasteiger partial charge on any atom is -0.481 e. The van der Waals surface area contributed by atoms with Crippen molar-refractivity contribution < 1.29 is 14.7 Å². The van der Waals surface area contributed by atoms with Gasteiger partial charge in [0.2, 0.25) is 5.91 Å². The highest BCUT2D eigenvalue weighted by molar-refractivity contribution is 5.85. The van der Waals surface area contributed by atoms with Gasteiger partial charge in [0.05, 0.1) is 11.8 Å². The lowest BCUT2D eigenvalue weighted by molar-refractivity contribution is -0.149. The van der Waals surface area contributed by atoms with Crippen LogP contribution in [0.25, 0.3) is 0 Å². The molecule has 4 heteroatoms. The van der Waals surface area contributed by atoms with Gasteiger partial charge in [0.1, 0.15) is 0 Å². The van der Waals surface area contributed by atoms with Crippen LogP contribution in [0.5, 0.6) is 0 Å². The molecule has 18 heavy (non-hydrogen) atoms. The van der Waals surface area contributed by atoms with Crippen molar-refractivity contribution in [3.05, 3.63) is 0 Å². The number of hydrogen-bond donors (Lipinski definition) is 1. The third-order valence-electron chi connectivity index (χ3n) is 4.12. The summed E-state index contributed by atoms with van der Waals surface area (Å²) in [6.07, 6.45) is 2.34. The van der Waals surface area contributed by atoms with Crippen LogP contribution in [-0.4, -0.2) is 34.5 Å². The van der Waals surface area contributed by atoms with Crippen LogP contribution in [0.15, 0.2) is 0 Å². The van der Waals surface area contributed by atoms with E-state index in [4.69, 9.17) is 0 Å².